The lowest BCUT2D eigenvalue weighted by molar-refractivity contribution is 0.490. The van der Waals surface area contributed by atoms with Crippen molar-refractivity contribution in [3.05, 3.63) is 35.8 Å². The van der Waals surface area contributed by atoms with E-state index < -0.39 is 0 Å². The van der Waals surface area contributed by atoms with Crippen molar-refractivity contribution in [2.45, 2.75) is 32.7 Å². The number of aryl methyl sites for hydroxylation is 2. The van der Waals surface area contributed by atoms with Crippen molar-refractivity contribution in [1.82, 2.24) is 20.1 Å². The molecule has 2 aromatic heterocycles. The second-order valence-electron chi connectivity index (χ2n) is 4.50. The maximum atomic E-state index is 5.39. The van der Waals surface area contributed by atoms with E-state index in [1.54, 1.807) is 6.33 Å². The first-order valence-corrected chi connectivity index (χ1v) is 6.32. The average Bonchev–Trinajstić information content (AvgIpc) is 2.94. The minimum Gasteiger partial charge on any atom is -0.469 e. The molecule has 18 heavy (non-hydrogen) atoms. The highest BCUT2D eigenvalue weighted by Gasteiger charge is 2.16. The van der Waals surface area contributed by atoms with Crippen LogP contribution in [0, 0.1) is 6.92 Å². The Morgan fingerprint density at radius 2 is 2.33 bits per heavy atom. The van der Waals surface area contributed by atoms with Gasteiger partial charge < -0.3 is 9.73 Å². The Bertz CT molecular complexity index is 489. The van der Waals surface area contributed by atoms with E-state index in [4.69, 9.17) is 4.42 Å². The van der Waals surface area contributed by atoms with Crippen LogP contribution in [-0.2, 0) is 13.5 Å². The molecule has 0 aliphatic heterocycles. The average molecular weight is 248 g/mol. The molecule has 0 aliphatic rings. The summed E-state index contributed by atoms with van der Waals surface area (Å²) in [5.74, 6) is 1.91. The van der Waals surface area contributed by atoms with Crippen LogP contribution in [-0.4, -0.2) is 21.3 Å². The monoisotopic (exact) mass is 248 g/mol. The molecule has 1 atom stereocenters. The summed E-state index contributed by atoms with van der Waals surface area (Å²) in [6, 6.07) is 2.30. The third-order valence-corrected chi connectivity index (χ3v) is 2.99. The lowest BCUT2D eigenvalue weighted by Crippen LogP contribution is -2.24. The topological polar surface area (TPSA) is 55.9 Å². The highest BCUT2D eigenvalue weighted by molar-refractivity contribution is 5.17. The molecular formula is C13H20N4O. The molecule has 0 fully saturated rings. The van der Waals surface area contributed by atoms with Crippen molar-refractivity contribution in [3.63, 3.8) is 0 Å². The van der Waals surface area contributed by atoms with Gasteiger partial charge in [-0.3, -0.25) is 4.68 Å². The third-order valence-electron chi connectivity index (χ3n) is 2.99. The molecule has 0 bridgehead atoms. The van der Waals surface area contributed by atoms with Gasteiger partial charge in [-0.05, 0) is 26.0 Å². The van der Waals surface area contributed by atoms with Crippen LogP contribution in [0.3, 0.4) is 0 Å². The van der Waals surface area contributed by atoms with Crippen molar-refractivity contribution in [2.24, 2.45) is 7.05 Å². The van der Waals surface area contributed by atoms with Crippen LogP contribution in [0.2, 0.25) is 0 Å². The van der Waals surface area contributed by atoms with Gasteiger partial charge in [-0.1, -0.05) is 6.92 Å². The van der Waals surface area contributed by atoms with Gasteiger partial charge in [0.15, 0.2) is 0 Å². The predicted molar refractivity (Wildman–Crippen MR) is 69.2 cm³/mol. The van der Waals surface area contributed by atoms with Gasteiger partial charge in [0, 0.05) is 25.1 Å². The number of furan rings is 1. The standard InChI is InChI=1S/C13H20N4O/c1-4-5-14-12(11-6-10(2)18-8-11)7-13-15-9-16-17(13)3/h6,8-9,12,14H,4-5,7H2,1-3H3. The predicted octanol–water partition coefficient (Wildman–Crippen LogP) is 2.00. The SMILES string of the molecule is CCCNC(Cc1ncnn1C)c1coc(C)c1. The summed E-state index contributed by atoms with van der Waals surface area (Å²) in [7, 11) is 1.92. The van der Waals surface area contributed by atoms with Gasteiger partial charge >= 0.3 is 0 Å². The summed E-state index contributed by atoms with van der Waals surface area (Å²) >= 11 is 0. The molecule has 0 spiro atoms. The van der Waals surface area contributed by atoms with Crippen LogP contribution < -0.4 is 5.32 Å². The lowest BCUT2D eigenvalue weighted by Gasteiger charge is -2.16. The molecule has 98 valence electrons. The first kappa shape index (κ1) is 12.8. The van der Waals surface area contributed by atoms with Gasteiger partial charge in [0.2, 0.25) is 0 Å². The highest BCUT2D eigenvalue weighted by atomic mass is 16.3. The van der Waals surface area contributed by atoms with Crippen molar-refractivity contribution >= 4 is 0 Å². The lowest BCUT2D eigenvalue weighted by atomic mass is 10.1. The van der Waals surface area contributed by atoms with Crippen molar-refractivity contribution in [2.75, 3.05) is 6.54 Å². The molecule has 0 saturated carbocycles. The Kier molecular flexibility index (Phi) is 4.15. The smallest absolute Gasteiger partial charge is 0.138 e. The largest absolute Gasteiger partial charge is 0.469 e. The van der Waals surface area contributed by atoms with Gasteiger partial charge in [-0.25, -0.2) is 4.98 Å². The molecular weight excluding hydrogens is 228 g/mol. The Morgan fingerprint density at radius 1 is 1.50 bits per heavy atom. The van der Waals surface area contributed by atoms with E-state index in [0.29, 0.717) is 0 Å². The van der Waals surface area contributed by atoms with E-state index in [2.05, 4.69) is 28.4 Å². The van der Waals surface area contributed by atoms with Crippen LogP contribution in [0.4, 0.5) is 0 Å². The fraction of sp³-hybridized carbons (Fsp3) is 0.538. The molecule has 2 rings (SSSR count). The molecule has 1 N–H and O–H groups in total. The Morgan fingerprint density at radius 3 is 2.89 bits per heavy atom. The van der Waals surface area contributed by atoms with Crippen LogP contribution in [0.25, 0.3) is 0 Å². The van der Waals surface area contributed by atoms with E-state index in [-0.39, 0.29) is 6.04 Å². The highest BCUT2D eigenvalue weighted by Crippen LogP contribution is 2.19. The summed E-state index contributed by atoms with van der Waals surface area (Å²) < 4.78 is 7.21. The van der Waals surface area contributed by atoms with Gasteiger partial charge in [0.1, 0.15) is 17.9 Å². The zero-order valence-corrected chi connectivity index (χ0v) is 11.2. The molecule has 1 unspecified atom stereocenters. The first-order valence-electron chi connectivity index (χ1n) is 6.32. The number of hydrogen-bond acceptors (Lipinski definition) is 4. The van der Waals surface area contributed by atoms with Crippen molar-refractivity contribution in [1.29, 1.82) is 0 Å². The molecule has 5 heteroatoms. The maximum Gasteiger partial charge on any atom is 0.138 e. The van der Waals surface area contributed by atoms with Gasteiger partial charge in [-0.2, -0.15) is 5.10 Å². The normalized spacial score (nSPS) is 12.8. The number of nitrogens with zero attached hydrogens (tertiary/aromatic N) is 3. The summed E-state index contributed by atoms with van der Waals surface area (Å²) in [4.78, 5) is 4.28. The molecule has 0 radical (unpaired) electrons. The Labute approximate surface area is 107 Å². The number of nitrogens with one attached hydrogen (secondary N) is 1. The second-order valence-corrected chi connectivity index (χ2v) is 4.50. The maximum absolute atomic E-state index is 5.39. The summed E-state index contributed by atoms with van der Waals surface area (Å²) in [5, 5.41) is 7.63. The molecule has 0 saturated heterocycles. The van der Waals surface area contributed by atoms with Crippen LogP contribution in [0.15, 0.2) is 23.1 Å². The van der Waals surface area contributed by atoms with Crippen molar-refractivity contribution in [3.8, 4) is 0 Å². The number of aromatic nitrogens is 3. The second kappa shape index (κ2) is 5.82. The fourth-order valence-corrected chi connectivity index (χ4v) is 1.96. The zero-order chi connectivity index (χ0) is 13.0. The Hall–Kier alpha value is -1.62. The summed E-state index contributed by atoms with van der Waals surface area (Å²) in [6.07, 6.45) is 5.33. The summed E-state index contributed by atoms with van der Waals surface area (Å²) in [5.41, 5.74) is 1.17. The molecule has 0 amide bonds. The van der Waals surface area contributed by atoms with E-state index >= 15 is 0 Å². The van der Waals surface area contributed by atoms with E-state index in [1.807, 2.05) is 24.9 Å². The van der Waals surface area contributed by atoms with E-state index in [9.17, 15) is 0 Å². The Balaban J connectivity index is 2.12. The summed E-state index contributed by atoms with van der Waals surface area (Å²) in [6.45, 7) is 5.10. The number of hydrogen-bond donors (Lipinski definition) is 1. The minimum absolute atomic E-state index is 0.227. The van der Waals surface area contributed by atoms with Crippen molar-refractivity contribution < 1.29 is 4.42 Å². The molecule has 0 aliphatic carbocycles. The minimum atomic E-state index is 0.227. The molecule has 0 aromatic carbocycles. The van der Waals surface area contributed by atoms with Crippen LogP contribution in [0.5, 0.6) is 0 Å². The molecule has 2 aromatic rings. The van der Waals surface area contributed by atoms with E-state index in [0.717, 1.165) is 31.0 Å². The van der Waals surface area contributed by atoms with E-state index in [1.165, 1.54) is 5.56 Å². The third kappa shape index (κ3) is 2.98. The quantitative estimate of drug-likeness (QED) is 0.849. The van der Waals surface area contributed by atoms with Gasteiger partial charge in [0.25, 0.3) is 0 Å². The number of rotatable bonds is 6. The fourth-order valence-electron chi connectivity index (χ4n) is 1.96. The first-order chi connectivity index (χ1) is 8.70. The zero-order valence-electron chi connectivity index (χ0n) is 11.2. The van der Waals surface area contributed by atoms with Gasteiger partial charge in [0.05, 0.1) is 6.26 Å². The van der Waals surface area contributed by atoms with Gasteiger partial charge in [-0.15, -0.1) is 0 Å². The van der Waals surface area contributed by atoms with Crippen LogP contribution >= 0.6 is 0 Å². The molecule has 5 nitrogen and oxygen atoms in total. The van der Waals surface area contributed by atoms with Crippen LogP contribution in [0.1, 0.15) is 36.5 Å². The molecule has 2 heterocycles.